The van der Waals surface area contributed by atoms with E-state index in [0.717, 1.165) is 21.6 Å². The van der Waals surface area contributed by atoms with Gasteiger partial charge in [0.1, 0.15) is 12.6 Å². The average molecular weight is 437 g/mol. The first-order valence-corrected chi connectivity index (χ1v) is 10.6. The van der Waals surface area contributed by atoms with Gasteiger partial charge in [-0.25, -0.2) is 9.59 Å². The van der Waals surface area contributed by atoms with Crippen LogP contribution in [0.5, 0.6) is 0 Å². The van der Waals surface area contributed by atoms with Crippen LogP contribution in [0.4, 0.5) is 10.5 Å². The molecule has 0 fully saturated rings. The molecular weight excluding hydrogens is 412 g/mol. The van der Waals surface area contributed by atoms with Crippen LogP contribution in [0.2, 0.25) is 0 Å². The molecule has 7 heteroatoms. The van der Waals surface area contributed by atoms with E-state index in [1.807, 2.05) is 79.7 Å². The van der Waals surface area contributed by atoms with Gasteiger partial charge in [-0.3, -0.25) is 0 Å². The Labute approximate surface area is 185 Å². The highest BCUT2D eigenvalue weighted by atomic mass is 32.2. The summed E-state index contributed by atoms with van der Waals surface area (Å²) in [5.74, 6) is -1.16. The lowest BCUT2D eigenvalue weighted by Gasteiger charge is -2.25. The van der Waals surface area contributed by atoms with Crippen molar-refractivity contribution in [3.63, 3.8) is 0 Å². The first-order chi connectivity index (χ1) is 14.9. The Bertz CT molecular complexity index is 1030. The molecule has 0 heterocycles. The fourth-order valence-corrected chi connectivity index (χ4v) is 4.22. The number of thioether (sulfide) groups is 1. The van der Waals surface area contributed by atoms with E-state index in [1.54, 1.807) is 6.07 Å². The number of ether oxygens (including phenoxy) is 1. The third-order valence-electron chi connectivity index (χ3n) is 4.63. The molecule has 0 aliphatic carbocycles. The lowest BCUT2D eigenvalue weighted by molar-refractivity contribution is -0.139. The molecule has 0 spiro atoms. The summed E-state index contributed by atoms with van der Waals surface area (Å²) in [6, 6.07) is 22.7. The van der Waals surface area contributed by atoms with Crippen LogP contribution < -0.4 is 11.1 Å². The normalized spacial score (nSPS) is 12.5. The number of aliphatic carboxylic acids is 1. The summed E-state index contributed by atoms with van der Waals surface area (Å²) in [7, 11) is 0. The summed E-state index contributed by atoms with van der Waals surface area (Å²) < 4.78 is 5.24. The Kier molecular flexibility index (Phi) is 7.56. The number of nitrogens with one attached hydrogen (secondary N) is 1. The molecule has 31 heavy (non-hydrogen) atoms. The number of para-hydroxylation sites is 1. The van der Waals surface area contributed by atoms with Gasteiger partial charge in [0.25, 0.3) is 0 Å². The number of rotatable bonds is 8. The number of carboxylic acid groups (broad SMARTS) is 1. The highest BCUT2D eigenvalue weighted by molar-refractivity contribution is 7.99. The van der Waals surface area contributed by atoms with Crippen molar-refractivity contribution < 1.29 is 19.4 Å². The Morgan fingerprint density at radius 2 is 1.65 bits per heavy atom. The summed E-state index contributed by atoms with van der Waals surface area (Å²) in [4.78, 5) is 25.3. The number of anilines is 1. The van der Waals surface area contributed by atoms with Crippen LogP contribution in [0.1, 0.15) is 21.9 Å². The molecule has 0 saturated carbocycles. The van der Waals surface area contributed by atoms with Crippen molar-refractivity contribution >= 4 is 29.5 Å². The summed E-state index contributed by atoms with van der Waals surface area (Å²) >= 11 is 1.29. The average Bonchev–Trinajstić information content (AvgIpc) is 2.77. The molecule has 0 radical (unpaired) electrons. The fourth-order valence-electron chi connectivity index (χ4n) is 2.97. The molecule has 3 aromatic carbocycles. The largest absolute Gasteiger partial charge is 0.480 e. The van der Waals surface area contributed by atoms with Crippen LogP contribution in [0.3, 0.4) is 0 Å². The van der Waals surface area contributed by atoms with E-state index in [-0.39, 0.29) is 6.61 Å². The summed E-state index contributed by atoms with van der Waals surface area (Å²) in [5.41, 5.74) is 9.24. The topological polar surface area (TPSA) is 102 Å². The van der Waals surface area contributed by atoms with Gasteiger partial charge in [-0.05, 0) is 30.2 Å². The number of hydrogen-bond acceptors (Lipinski definition) is 5. The second-order valence-electron chi connectivity index (χ2n) is 7.01. The number of nitrogen functional groups attached to an aromatic ring is 1. The third-order valence-corrected chi connectivity index (χ3v) is 6.06. The predicted molar refractivity (Wildman–Crippen MR) is 122 cm³/mol. The van der Waals surface area contributed by atoms with E-state index in [1.165, 1.54) is 11.8 Å². The molecule has 0 aromatic heterocycles. The minimum absolute atomic E-state index is 0.0486. The molecule has 0 bridgehead atoms. The number of hydrogen-bond donors (Lipinski definition) is 3. The Morgan fingerprint density at radius 3 is 2.29 bits per heavy atom. The summed E-state index contributed by atoms with van der Waals surface area (Å²) in [5, 5.41) is 11.8. The van der Waals surface area contributed by atoms with Gasteiger partial charge in [0.05, 0.1) is 5.25 Å². The molecule has 4 N–H and O–H groups in total. The quantitative estimate of drug-likeness (QED) is 0.347. The van der Waals surface area contributed by atoms with Crippen LogP contribution >= 0.6 is 11.8 Å². The number of benzene rings is 3. The molecule has 3 aromatic rings. The van der Waals surface area contributed by atoms with Crippen molar-refractivity contribution in [2.45, 2.75) is 29.7 Å². The number of nitrogens with two attached hydrogens (primary N) is 1. The van der Waals surface area contributed by atoms with Gasteiger partial charge in [-0.1, -0.05) is 72.3 Å². The first kappa shape index (κ1) is 22.2. The summed E-state index contributed by atoms with van der Waals surface area (Å²) in [6.07, 6.45) is -0.796. The zero-order chi connectivity index (χ0) is 22.2. The summed E-state index contributed by atoms with van der Waals surface area (Å²) in [6.45, 7) is 2.00. The van der Waals surface area contributed by atoms with Crippen molar-refractivity contribution in [1.29, 1.82) is 0 Å². The smallest absolute Gasteiger partial charge is 0.408 e. The molecule has 160 valence electrons. The highest BCUT2D eigenvalue weighted by Crippen LogP contribution is 2.40. The van der Waals surface area contributed by atoms with E-state index in [2.05, 4.69) is 5.32 Å². The van der Waals surface area contributed by atoms with Crippen LogP contribution in [-0.2, 0) is 16.1 Å². The van der Waals surface area contributed by atoms with E-state index < -0.39 is 23.4 Å². The standard InChI is InChI=1S/C24H24N2O4S/c1-16-11-13-18(14-12-16)22(31-20-10-6-5-9-19(20)25)21(23(27)28)26-24(29)30-15-17-7-3-2-4-8-17/h2-14,21-22H,15,25H2,1H3,(H,26,29)(H,27,28)/t21-,22?/m0/s1. The van der Waals surface area contributed by atoms with Crippen molar-refractivity contribution in [2.24, 2.45) is 0 Å². The molecule has 2 atom stereocenters. The second kappa shape index (κ2) is 10.5. The third kappa shape index (κ3) is 6.26. The van der Waals surface area contributed by atoms with Gasteiger partial charge in [0.2, 0.25) is 0 Å². The predicted octanol–water partition coefficient (Wildman–Crippen LogP) is 4.79. The van der Waals surface area contributed by atoms with Crippen molar-refractivity contribution in [1.82, 2.24) is 5.32 Å². The van der Waals surface area contributed by atoms with E-state index in [0.29, 0.717) is 5.69 Å². The van der Waals surface area contributed by atoms with Crippen LogP contribution in [-0.4, -0.2) is 23.2 Å². The number of carboxylic acids is 1. The maximum Gasteiger partial charge on any atom is 0.408 e. The first-order valence-electron chi connectivity index (χ1n) is 9.72. The van der Waals surface area contributed by atoms with Gasteiger partial charge < -0.3 is 20.9 Å². The van der Waals surface area contributed by atoms with Gasteiger partial charge in [0.15, 0.2) is 0 Å². The Morgan fingerprint density at radius 1 is 1.00 bits per heavy atom. The van der Waals surface area contributed by atoms with E-state index in [9.17, 15) is 14.7 Å². The lowest BCUT2D eigenvalue weighted by atomic mass is 10.0. The molecule has 0 aliphatic heterocycles. The molecule has 6 nitrogen and oxygen atoms in total. The van der Waals surface area contributed by atoms with Crippen LogP contribution in [0.25, 0.3) is 0 Å². The van der Waals surface area contributed by atoms with Crippen LogP contribution in [0, 0.1) is 6.92 Å². The highest BCUT2D eigenvalue weighted by Gasteiger charge is 2.33. The maximum atomic E-state index is 12.4. The lowest BCUT2D eigenvalue weighted by Crippen LogP contribution is -2.44. The minimum atomic E-state index is -1.23. The van der Waals surface area contributed by atoms with Gasteiger partial charge in [-0.15, -0.1) is 11.8 Å². The monoisotopic (exact) mass is 436 g/mol. The number of alkyl carbamates (subject to hydrolysis) is 1. The molecular formula is C24H24N2O4S. The number of carbonyl (C=O) groups is 2. The van der Waals surface area contributed by atoms with Gasteiger partial charge in [-0.2, -0.15) is 0 Å². The SMILES string of the molecule is Cc1ccc(C(Sc2ccccc2N)[C@H](NC(=O)OCc2ccccc2)C(=O)O)cc1. The molecule has 3 rings (SSSR count). The number of amides is 1. The Hall–Kier alpha value is -3.45. The maximum absolute atomic E-state index is 12.4. The molecule has 0 aliphatic rings. The second-order valence-corrected chi connectivity index (χ2v) is 8.19. The van der Waals surface area contributed by atoms with Crippen LogP contribution in [0.15, 0.2) is 83.8 Å². The zero-order valence-corrected chi connectivity index (χ0v) is 17.8. The molecule has 1 amide bonds. The Balaban J connectivity index is 1.82. The fraction of sp³-hybridized carbons (Fsp3) is 0.167. The van der Waals surface area contributed by atoms with Gasteiger partial charge in [0, 0.05) is 10.6 Å². The zero-order valence-electron chi connectivity index (χ0n) is 17.0. The van der Waals surface area contributed by atoms with Crippen molar-refractivity contribution in [2.75, 3.05) is 5.73 Å². The minimum Gasteiger partial charge on any atom is -0.480 e. The van der Waals surface area contributed by atoms with Gasteiger partial charge >= 0.3 is 12.1 Å². The number of carbonyl (C=O) groups excluding carboxylic acids is 1. The van der Waals surface area contributed by atoms with E-state index >= 15 is 0 Å². The molecule has 0 saturated heterocycles. The van der Waals surface area contributed by atoms with Crippen molar-refractivity contribution in [3.8, 4) is 0 Å². The number of aryl methyl sites for hydroxylation is 1. The van der Waals surface area contributed by atoms with E-state index in [4.69, 9.17) is 10.5 Å². The van der Waals surface area contributed by atoms with Crippen molar-refractivity contribution in [3.05, 3.63) is 95.6 Å². The molecule has 1 unspecified atom stereocenters.